The number of nitrogens with two attached hydrogens (primary N) is 1. The summed E-state index contributed by atoms with van der Waals surface area (Å²) in [5.74, 6) is 0.536. The number of aromatic nitrogens is 4. The van der Waals surface area contributed by atoms with Crippen molar-refractivity contribution >= 4 is 11.6 Å². The molecule has 0 saturated carbocycles. The first kappa shape index (κ1) is 14.0. The highest BCUT2D eigenvalue weighted by molar-refractivity contribution is 5.97. The van der Waals surface area contributed by atoms with Gasteiger partial charge in [-0.2, -0.15) is 5.10 Å². The average molecular weight is 274 g/mol. The molecule has 0 fully saturated rings. The Morgan fingerprint density at radius 3 is 2.85 bits per heavy atom. The summed E-state index contributed by atoms with van der Waals surface area (Å²) in [5, 5.41) is 9.52. The first-order valence-corrected chi connectivity index (χ1v) is 6.39. The van der Waals surface area contributed by atoms with Gasteiger partial charge in [-0.3, -0.25) is 9.89 Å². The fraction of sp³-hybridized carbons (Fsp3) is 0.385. The van der Waals surface area contributed by atoms with Crippen LogP contribution in [0.4, 0.5) is 5.69 Å². The number of nitrogens with zero attached hydrogens (tertiary/aromatic N) is 3. The standard InChI is InChI=1S/C13H18N6O/c1-7(2)11-10(14)12(19-18-11)13(20)16-6-9-4-5-15-8(3)17-9/h4-5,7H,6,14H2,1-3H3,(H,16,20)(H,18,19). The second kappa shape index (κ2) is 5.68. The Morgan fingerprint density at radius 2 is 2.25 bits per heavy atom. The van der Waals surface area contributed by atoms with Crippen molar-refractivity contribution in [1.29, 1.82) is 0 Å². The van der Waals surface area contributed by atoms with Crippen molar-refractivity contribution in [2.45, 2.75) is 33.2 Å². The number of aryl methyl sites for hydroxylation is 1. The SMILES string of the molecule is Cc1nccc(CNC(=O)c2n[nH]c(C(C)C)c2N)n1. The van der Waals surface area contributed by atoms with E-state index in [9.17, 15) is 4.79 Å². The Kier molecular flexibility index (Phi) is 3.97. The van der Waals surface area contributed by atoms with Crippen molar-refractivity contribution < 1.29 is 4.79 Å². The minimum Gasteiger partial charge on any atom is -0.395 e. The predicted molar refractivity (Wildman–Crippen MR) is 75.0 cm³/mol. The number of nitrogens with one attached hydrogen (secondary N) is 2. The largest absolute Gasteiger partial charge is 0.395 e. The highest BCUT2D eigenvalue weighted by atomic mass is 16.1. The van der Waals surface area contributed by atoms with E-state index in [4.69, 9.17) is 5.73 Å². The number of hydrogen-bond acceptors (Lipinski definition) is 5. The normalized spacial score (nSPS) is 10.8. The molecule has 0 spiro atoms. The first-order chi connectivity index (χ1) is 9.49. The van der Waals surface area contributed by atoms with E-state index in [1.807, 2.05) is 13.8 Å². The number of H-pyrrole nitrogens is 1. The molecule has 20 heavy (non-hydrogen) atoms. The fourth-order valence-corrected chi connectivity index (χ4v) is 1.84. The Hall–Kier alpha value is -2.44. The van der Waals surface area contributed by atoms with Gasteiger partial charge in [0.2, 0.25) is 0 Å². The van der Waals surface area contributed by atoms with Crippen LogP contribution >= 0.6 is 0 Å². The van der Waals surface area contributed by atoms with Crippen LogP contribution in [0.1, 0.15) is 47.5 Å². The zero-order valence-corrected chi connectivity index (χ0v) is 11.8. The Balaban J connectivity index is 2.05. The summed E-state index contributed by atoms with van der Waals surface area (Å²) in [7, 11) is 0. The van der Waals surface area contributed by atoms with Crippen LogP contribution in [0.25, 0.3) is 0 Å². The van der Waals surface area contributed by atoms with Crippen LogP contribution < -0.4 is 11.1 Å². The molecule has 106 valence electrons. The number of carbonyl (C=O) groups excluding carboxylic acids is 1. The summed E-state index contributed by atoms with van der Waals surface area (Å²) in [6.07, 6.45) is 1.66. The molecule has 1 amide bonds. The second-order valence-electron chi connectivity index (χ2n) is 4.83. The third-order valence-electron chi connectivity index (χ3n) is 2.89. The van der Waals surface area contributed by atoms with Gasteiger partial charge in [-0.15, -0.1) is 0 Å². The number of rotatable bonds is 4. The van der Waals surface area contributed by atoms with Crippen molar-refractivity contribution in [1.82, 2.24) is 25.5 Å². The second-order valence-corrected chi connectivity index (χ2v) is 4.83. The zero-order chi connectivity index (χ0) is 14.7. The van der Waals surface area contributed by atoms with Crippen molar-refractivity contribution in [2.24, 2.45) is 0 Å². The van der Waals surface area contributed by atoms with Gasteiger partial charge in [0, 0.05) is 6.20 Å². The molecule has 0 aliphatic heterocycles. The van der Waals surface area contributed by atoms with Gasteiger partial charge < -0.3 is 11.1 Å². The van der Waals surface area contributed by atoms with Gasteiger partial charge in [-0.1, -0.05) is 13.8 Å². The molecule has 2 aromatic heterocycles. The van der Waals surface area contributed by atoms with Gasteiger partial charge in [-0.25, -0.2) is 9.97 Å². The molecule has 2 rings (SSSR count). The Labute approximate surface area is 117 Å². The highest BCUT2D eigenvalue weighted by Crippen LogP contribution is 2.21. The van der Waals surface area contributed by atoms with E-state index in [2.05, 4.69) is 25.5 Å². The van der Waals surface area contributed by atoms with Gasteiger partial charge in [0.1, 0.15) is 5.82 Å². The van der Waals surface area contributed by atoms with Crippen LogP contribution in [0.15, 0.2) is 12.3 Å². The fourth-order valence-electron chi connectivity index (χ4n) is 1.84. The number of hydrogen-bond donors (Lipinski definition) is 3. The number of nitrogen functional groups attached to an aromatic ring is 1. The van der Waals surface area contributed by atoms with E-state index in [0.29, 0.717) is 18.1 Å². The van der Waals surface area contributed by atoms with Gasteiger partial charge in [-0.05, 0) is 18.9 Å². The maximum atomic E-state index is 12.0. The van der Waals surface area contributed by atoms with Gasteiger partial charge in [0.15, 0.2) is 5.69 Å². The Bertz CT molecular complexity index is 619. The number of aromatic amines is 1. The lowest BCUT2D eigenvalue weighted by Crippen LogP contribution is -2.24. The van der Waals surface area contributed by atoms with Crippen LogP contribution in [-0.2, 0) is 6.54 Å². The molecular weight excluding hydrogens is 256 g/mol. The van der Waals surface area contributed by atoms with E-state index < -0.39 is 0 Å². The zero-order valence-electron chi connectivity index (χ0n) is 11.8. The van der Waals surface area contributed by atoms with E-state index >= 15 is 0 Å². The third kappa shape index (κ3) is 2.93. The van der Waals surface area contributed by atoms with E-state index in [0.717, 1.165) is 11.4 Å². The number of anilines is 1. The highest BCUT2D eigenvalue weighted by Gasteiger charge is 2.18. The number of carbonyl (C=O) groups is 1. The summed E-state index contributed by atoms with van der Waals surface area (Å²) in [6.45, 7) is 6.07. The molecule has 4 N–H and O–H groups in total. The third-order valence-corrected chi connectivity index (χ3v) is 2.89. The minimum atomic E-state index is -0.318. The molecular formula is C13H18N6O. The average Bonchev–Trinajstić information content (AvgIpc) is 2.78. The monoisotopic (exact) mass is 274 g/mol. The lowest BCUT2D eigenvalue weighted by Gasteiger charge is -2.05. The number of amides is 1. The van der Waals surface area contributed by atoms with E-state index in [1.54, 1.807) is 19.2 Å². The van der Waals surface area contributed by atoms with Gasteiger partial charge in [0.25, 0.3) is 5.91 Å². The van der Waals surface area contributed by atoms with Crippen LogP contribution in [-0.4, -0.2) is 26.1 Å². The van der Waals surface area contributed by atoms with Crippen molar-refractivity contribution in [3.8, 4) is 0 Å². The maximum absolute atomic E-state index is 12.0. The van der Waals surface area contributed by atoms with Crippen molar-refractivity contribution in [2.75, 3.05) is 5.73 Å². The minimum absolute atomic E-state index is 0.188. The van der Waals surface area contributed by atoms with Crippen LogP contribution in [0, 0.1) is 6.92 Å². The molecule has 0 atom stereocenters. The molecule has 2 heterocycles. The molecule has 2 aromatic rings. The molecule has 0 aliphatic carbocycles. The van der Waals surface area contributed by atoms with Crippen LogP contribution in [0.3, 0.4) is 0 Å². The van der Waals surface area contributed by atoms with Crippen LogP contribution in [0.2, 0.25) is 0 Å². The Morgan fingerprint density at radius 1 is 1.50 bits per heavy atom. The first-order valence-electron chi connectivity index (χ1n) is 6.39. The van der Waals surface area contributed by atoms with Crippen molar-refractivity contribution in [3.63, 3.8) is 0 Å². The van der Waals surface area contributed by atoms with Gasteiger partial charge >= 0.3 is 0 Å². The van der Waals surface area contributed by atoms with Crippen LogP contribution in [0.5, 0.6) is 0 Å². The van der Waals surface area contributed by atoms with Crippen molar-refractivity contribution in [3.05, 3.63) is 35.2 Å². The summed E-state index contributed by atoms with van der Waals surface area (Å²) in [6, 6.07) is 1.75. The lowest BCUT2D eigenvalue weighted by atomic mass is 10.1. The summed E-state index contributed by atoms with van der Waals surface area (Å²) in [4.78, 5) is 20.3. The topological polar surface area (TPSA) is 110 Å². The van der Waals surface area contributed by atoms with Gasteiger partial charge in [0.05, 0.1) is 23.6 Å². The molecule has 7 nitrogen and oxygen atoms in total. The molecule has 0 saturated heterocycles. The maximum Gasteiger partial charge on any atom is 0.274 e. The molecule has 0 aliphatic rings. The quantitative estimate of drug-likeness (QED) is 0.774. The van der Waals surface area contributed by atoms with E-state index in [-0.39, 0.29) is 17.5 Å². The smallest absolute Gasteiger partial charge is 0.274 e. The predicted octanol–water partition coefficient (Wildman–Crippen LogP) is 1.14. The summed E-state index contributed by atoms with van der Waals surface area (Å²) >= 11 is 0. The molecule has 0 aromatic carbocycles. The molecule has 0 unspecified atom stereocenters. The van der Waals surface area contributed by atoms with E-state index in [1.165, 1.54) is 0 Å². The summed E-state index contributed by atoms with van der Waals surface area (Å²) in [5.41, 5.74) is 8.05. The molecule has 0 radical (unpaired) electrons. The lowest BCUT2D eigenvalue weighted by molar-refractivity contribution is 0.0946. The molecule has 7 heteroatoms. The molecule has 0 bridgehead atoms. The summed E-state index contributed by atoms with van der Waals surface area (Å²) < 4.78 is 0.